The second kappa shape index (κ2) is 11.3. The highest BCUT2D eigenvalue weighted by molar-refractivity contribution is 6.01. The summed E-state index contributed by atoms with van der Waals surface area (Å²) in [5, 5.41) is 10.9. The Kier molecular flexibility index (Phi) is 8.01. The Morgan fingerprint density at radius 3 is 1.09 bits per heavy atom. The zero-order valence-electron chi connectivity index (χ0n) is 19.2. The van der Waals surface area contributed by atoms with Crippen molar-refractivity contribution in [1.82, 2.24) is 0 Å². The maximum absolute atomic E-state index is 12.3. The molecule has 10 heteroatoms. The van der Waals surface area contributed by atoms with Gasteiger partial charge in [0.1, 0.15) is 0 Å². The van der Waals surface area contributed by atoms with E-state index in [1.165, 1.54) is 28.4 Å². The van der Waals surface area contributed by atoms with E-state index in [9.17, 15) is 9.59 Å². The third kappa shape index (κ3) is 6.22. The molecule has 0 aliphatic carbocycles. The molecule has 0 saturated heterocycles. The fraction of sp³-hybridized carbons (Fsp3) is 0.167. The van der Waals surface area contributed by atoms with Gasteiger partial charge >= 0.3 is 12.1 Å². The molecule has 0 atom stereocenters. The quantitative estimate of drug-likeness (QED) is 0.371. The highest BCUT2D eigenvalue weighted by Gasteiger charge is 2.10. The molecule has 0 aliphatic heterocycles. The first-order valence-corrected chi connectivity index (χ1v) is 10.2. The maximum Gasteiger partial charge on any atom is 0.323 e. The van der Waals surface area contributed by atoms with Gasteiger partial charge in [-0.3, -0.25) is 0 Å². The number of methoxy groups -OCH3 is 4. The summed E-state index contributed by atoms with van der Waals surface area (Å²) in [6, 6.07) is 15.9. The zero-order valence-corrected chi connectivity index (χ0v) is 19.2. The summed E-state index contributed by atoms with van der Waals surface area (Å²) >= 11 is 0. The molecule has 178 valence electrons. The summed E-state index contributed by atoms with van der Waals surface area (Å²) in [5.41, 5.74) is 2.17. The molecule has 10 nitrogen and oxygen atoms in total. The van der Waals surface area contributed by atoms with E-state index in [4.69, 9.17) is 18.9 Å². The van der Waals surface area contributed by atoms with Crippen molar-refractivity contribution in [1.29, 1.82) is 0 Å². The Labute approximate surface area is 197 Å². The fourth-order valence-corrected chi connectivity index (χ4v) is 3.05. The molecule has 3 rings (SSSR count). The molecule has 0 radical (unpaired) electrons. The summed E-state index contributed by atoms with van der Waals surface area (Å²) < 4.78 is 20.8. The van der Waals surface area contributed by atoms with Crippen LogP contribution in [-0.2, 0) is 0 Å². The number of anilines is 4. The van der Waals surface area contributed by atoms with E-state index < -0.39 is 12.1 Å². The van der Waals surface area contributed by atoms with Crippen LogP contribution in [0.3, 0.4) is 0 Å². The van der Waals surface area contributed by atoms with Crippen LogP contribution in [0, 0.1) is 0 Å². The van der Waals surface area contributed by atoms with Gasteiger partial charge in [-0.2, -0.15) is 0 Å². The molecule has 0 aromatic heterocycles. The van der Waals surface area contributed by atoms with Crippen molar-refractivity contribution >= 4 is 34.8 Å². The number of amides is 4. The van der Waals surface area contributed by atoms with Crippen molar-refractivity contribution in [3.63, 3.8) is 0 Å². The average molecular weight is 466 g/mol. The van der Waals surface area contributed by atoms with Gasteiger partial charge in [-0.15, -0.1) is 0 Å². The summed E-state index contributed by atoms with van der Waals surface area (Å²) in [4.78, 5) is 24.6. The summed E-state index contributed by atoms with van der Waals surface area (Å²) in [7, 11) is 6.11. The molecule has 3 aromatic rings. The van der Waals surface area contributed by atoms with Crippen molar-refractivity contribution in [2.75, 3.05) is 49.7 Å². The van der Waals surface area contributed by atoms with Crippen LogP contribution in [0.25, 0.3) is 0 Å². The van der Waals surface area contributed by atoms with Gasteiger partial charge in [0.05, 0.1) is 28.4 Å². The van der Waals surface area contributed by atoms with Gasteiger partial charge in [0.2, 0.25) is 0 Å². The number of rotatable bonds is 8. The lowest BCUT2D eigenvalue weighted by Gasteiger charge is -2.12. The lowest BCUT2D eigenvalue weighted by atomic mass is 10.2. The first-order chi connectivity index (χ1) is 16.4. The Morgan fingerprint density at radius 1 is 0.471 bits per heavy atom. The molecule has 0 unspecified atom stereocenters. The lowest BCUT2D eigenvalue weighted by molar-refractivity contribution is 0.261. The Morgan fingerprint density at radius 2 is 0.765 bits per heavy atom. The third-order valence-corrected chi connectivity index (χ3v) is 4.68. The van der Waals surface area contributed by atoms with E-state index in [2.05, 4.69) is 21.3 Å². The van der Waals surface area contributed by atoms with Gasteiger partial charge < -0.3 is 40.2 Å². The van der Waals surface area contributed by atoms with E-state index in [0.717, 1.165) is 0 Å². The van der Waals surface area contributed by atoms with Gasteiger partial charge in [0.25, 0.3) is 0 Å². The normalized spacial score (nSPS) is 10.0. The minimum atomic E-state index is -0.431. The molecule has 0 saturated carbocycles. The molecule has 0 spiro atoms. The third-order valence-electron chi connectivity index (χ3n) is 4.68. The zero-order chi connectivity index (χ0) is 24.5. The number of nitrogens with one attached hydrogen (secondary N) is 4. The van der Waals surface area contributed by atoms with Crippen molar-refractivity contribution in [2.45, 2.75) is 0 Å². The van der Waals surface area contributed by atoms with E-state index in [1.807, 2.05) is 0 Å². The highest BCUT2D eigenvalue weighted by Crippen LogP contribution is 2.30. The van der Waals surface area contributed by atoms with Gasteiger partial charge in [0, 0.05) is 34.9 Å². The second-order valence-corrected chi connectivity index (χ2v) is 6.88. The smallest absolute Gasteiger partial charge is 0.323 e. The summed E-state index contributed by atoms with van der Waals surface area (Å²) in [6.45, 7) is 0. The largest absolute Gasteiger partial charge is 0.493 e. The number of hydrogen-bond acceptors (Lipinski definition) is 6. The van der Waals surface area contributed by atoms with Crippen LogP contribution in [0.5, 0.6) is 23.0 Å². The molecule has 0 aliphatic rings. The molecule has 34 heavy (non-hydrogen) atoms. The predicted molar refractivity (Wildman–Crippen MR) is 131 cm³/mol. The van der Waals surface area contributed by atoms with Crippen LogP contribution < -0.4 is 40.2 Å². The molecule has 4 N–H and O–H groups in total. The average Bonchev–Trinajstić information content (AvgIpc) is 2.84. The molecule has 0 fully saturated rings. The highest BCUT2D eigenvalue weighted by atomic mass is 16.5. The van der Waals surface area contributed by atoms with Crippen LogP contribution >= 0.6 is 0 Å². The molecule has 0 bridgehead atoms. The van der Waals surface area contributed by atoms with Crippen LogP contribution in [-0.4, -0.2) is 40.5 Å². The number of benzene rings is 3. The SMILES string of the molecule is COc1ccc(NC(=O)Nc2ccc(NC(=O)Nc3ccc(OC)c(OC)c3)cc2)cc1OC. The Balaban J connectivity index is 1.54. The van der Waals surface area contributed by atoms with E-state index in [-0.39, 0.29) is 0 Å². The molecular weight excluding hydrogens is 440 g/mol. The van der Waals surface area contributed by atoms with Crippen molar-refractivity contribution in [2.24, 2.45) is 0 Å². The molecule has 4 amide bonds. The number of urea groups is 2. The number of hydrogen-bond donors (Lipinski definition) is 4. The van der Waals surface area contributed by atoms with Crippen molar-refractivity contribution in [3.8, 4) is 23.0 Å². The van der Waals surface area contributed by atoms with Crippen LogP contribution in [0.4, 0.5) is 32.3 Å². The summed E-state index contributed by atoms with van der Waals surface area (Å²) in [5.74, 6) is 2.13. The standard InChI is InChI=1S/C24H26N4O6/c1-31-19-11-9-17(13-21(19)33-3)27-23(29)25-15-5-7-16(8-6-15)26-24(30)28-18-10-12-20(32-2)22(14-18)34-4/h5-14H,1-4H3,(H2,25,27,29)(H2,26,28,30). The Bertz CT molecular complexity index is 1060. The van der Waals surface area contributed by atoms with Crippen molar-refractivity contribution < 1.29 is 28.5 Å². The molecule has 3 aromatic carbocycles. The van der Waals surface area contributed by atoms with Crippen molar-refractivity contribution in [3.05, 3.63) is 60.7 Å². The predicted octanol–water partition coefficient (Wildman–Crippen LogP) is 5.01. The number of carbonyl (C=O) groups excluding carboxylic acids is 2. The minimum Gasteiger partial charge on any atom is -0.493 e. The van der Waals surface area contributed by atoms with Crippen LogP contribution in [0.1, 0.15) is 0 Å². The Hall–Kier alpha value is -4.60. The topological polar surface area (TPSA) is 119 Å². The summed E-state index contributed by atoms with van der Waals surface area (Å²) in [6.07, 6.45) is 0. The first-order valence-electron chi connectivity index (χ1n) is 10.2. The monoisotopic (exact) mass is 466 g/mol. The maximum atomic E-state index is 12.3. The van der Waals surface area contributed by atoms with E-state index >= 15 is 0 Å². The van der Waals surface area contributed by atoms with Gasteiger partial charge in [-0.25, -0.2) is 9.59 Å². The van der Waals surface area contributed by atoms with Crippen LogP contribution in [0.15, 0.2) is 60.7 Å². The first kappa shape index (κ1) is 24.1. The van der Waals surface area contributed by atoms with Crippen LogP contribution in [0.2, 0.25) is 0 Å². The number of ether oxygens (including phenoxy) is 4. The van der Waals surface area contributed by atoms with E-state index in [0.29, 0.717) is 45.7 Å². The molecule has 0 heterocycles. The van der Waals surface area contributed by atoms with Gasteiger partial charge in [-0.1, -0.05) is 0 Å². The van der Waals surface area contributed by atoms with Gasteiger partial charge in [0.15, 0.2) is 23.0 Å². The van der Waals surface area contributed by atoms with Gasteiger partial charge in [-0.05, 0) is 48.5 Å². The molecular formula is C24H26N4O6. The second-order valence-electron chi connectivity index (χ2n) is 6.88. The lowest BCUT2D eigenvalue weighted by Crippen LogP contribution is -2.20. The fourth-order valence-electron chi connectivity index (χ4n) is 3.05. The van der Waals surface area contributed by atoms with E-state index in [1.54, 1.807) is 60.7 Å². The number of carbonyl (C=O) groups is 2. The minimum absolute atomic E-state index is 0.431.